The first kappa shape index (κ1) is 13.1. The van der Waals surface area contributed by atoms with Crippen LogP contribution >= 0.6 is 0 Å². The Morgan fingerprint density at radius 3 is 2.20 bits per heavy atom. The maximum absolute atomic E-state index is 12.3. The van der Waals surface area contributed by atoms with Crippen molar-refractivity contribution in [1.29, 1.82) is 0 Å². The zero-order valence-corrected chi connectivity index (χ0v) is 11.6. The molecular formula is C16H18N2O2. The summed E-state index contributed by atoms with van der Waals surface area (Å²) in [7, 11) is 0. The predicted molar refractivity (Wildman–Crippen MR) is 76.6 cm³/mol. The molecule has 1 aromatic rings. The summed E-state index contributed by atoms with van der Waals surface area (Å²) < 4.78 is 0. The lowest BCUT2D eigenvalue weighted by atomic mass is 9.99. The molecule has 0 aliphatic carbocycles. The van der Waals surface area contributed by atoms with E-state index < -0.39 is 0 Å². The lowest BCUT2D eigenvalue weighted by Gasteiger charge is -2.26. The van der Waals surface area contributed by atoms with Gasteiger partial charge in [0.05, 0.1) is 17.7 Å². The van der Waals surface area contributed by atoms with Gasteiger partial charge >= 0.3 is 0 Å². The Morgan fingerprint density at radius 1 is 1.15 bits per heavy atom. The highest BCUT2D eigenvalue weighted by atomic mass is 16.2. The lowest BCUT2D eigenvalue weighted by molar-refractivity contribution is 0.0666. The summed E-state index contributed by atoms with van der Waals surface area (Å²) in [5.74, 6) is -0.320. The van der Waals surface area contributed by atoms with Crippen molar-refractivity contribution in [3.63, 3.8) is 0 Å². The largest absolute Gasteiger partial charge is 0.309 e. The first-order chi connectivity index (χ1) is 9.72. The van der Waals surface area contributed by atoms with E-state index in [2.05, 4.69) is 12.2 Å². The van der Waals surface area contributed by atoms with Gasteiger partial charge in [-0.2, -0.15) is 0 Å². The van der Waals surface area contributed by atoms with Gasteiger partial charge in [0.2, 0.25) is 0 Å². The first-order valence-electron chi connectivity index (χ1n) is 7.08. The van der Waals surface area contributed by atoms with Crippen LogP contribution in [-0.4, -0.2) is 36.3 Å². The number of rotatable bonds is 4. The summed E-state index contributed by atoms with van der Waals surface area (Å²) in [4.78, 5) is 26.1. The Balaban J connectivity index is 1.86. The number of nitrogens with zero attached hydrogens (tertiary/aromatic N) is 1. The van der Waals surface area contributed by atoms with E-state index in [-0.39, 0.29) is 11.8 Å². The average Bonchev–Trinajstić information content (AvgIpc) is 2.63. The predicted octanol–water partition coefficient (Wildman–Crippen LogP) is 1.98. The van der Waals surface area contributed by atoms with Gasteiger partial charge < -0.3 is 5.32 Å². The van der Waals surface area contributed by atoms with Gasteiger partial charge in [-0.15, -0.1) is 0 Å². The smallest absolute Gasteiger partial charge is 0.261 e. The van der Waals surface area contributed by atoms with Gasteiger partial charge in [-0.1, -0.05) is 25.5 Å². The maximum Gasteiger partial charge on any atom is 0.261 e. The number of imide groups is 1. The lowest BCUT2D eigenvalue weighted by Crippen LogP contribution is -2.38. The van der Waals surface area contributed by atoms with Crippen LogP contribution < -0.4 is 5.32 Å². The summed E-state index contributed by atoms with van der Waals surface area (Å²) in [6.07, 6.45) is 1.98. The molecule has 0 bridgehead atoms. The van der Waals surface area contributed by atoms with E-state index >= 15 is 0 Å². The Bertz CT molecular complexity index is 563. The molecule has 1 aromatic carbocycles. The maximum atomic E-state index is 12.3. The fraction of sp³-hybridized carbons (Fsp3) is 0.375. The normalized spacial score (nSPS) is 17.2. The Kier molecular flexibility index (Phi) is 3.40. The number of carbonyl (C=O) groups is 2. The van der Waals surface area contributed by atoms with Gasteiger partial charge in [-0.3, -0.25) is 14.5 Å². The van der Waals surface area contributed by atoms with Crippen LogP contribution in [0.4, 0.5) is 0 Å². The first-order valence-corrected chi connectivity index (χ1v) is 7.08. The van der Waals surface area contributed by atoms with Crippen LogP contribution in [0, 0.1) is 0 Å². The number of benzene rings is 1. The second-order valence-electron chi connectivity index (χ2n) is 5.30. The van der Waals surface area contributed by atoms with Gasteiger partial charge in [-0.05, 0) is 29.7 Å². The number of hydrogen-bond acceptors (Lipinski definition) is 3. The molecule has 2 aliphatic rings. The van der Waals surface area contributed by atoms with Gasteiger partial charge in [0.15, 0.2) is 0 Å². The van der Waals surface area contributed by atoms with Crippen molar-refractivity contribution in [1.82, 2.24) is 10.2 Å². The summed E-state index contributed by atoms with van der Waals surface area (Å²) in [6.45, 7) is 4.34. The van der Waals surface area contributed by atoms with Crippen molar-refractivity contribution in [3.05, 3.63) is 46.5 Å². The minimum atomic E-state index is -0.160. The molecule has 0 radical (unpaired) electrons. The molecule has 0 saturated carbocycles. The zero-order valence-electron chi connectivity index (χ0n) is 11.6. The Hall–Kier alpha value is -1.94. The third-order valence-corrected chi connectivity index (χ3v) is 3.96. The third kappa shape index (κ3) is 2.06. The third-order valence-electron chi connectivity index (χ3n) is 3.96. The molecule has 2 heterocycles. The highest BCUT2D eigenvalue weighted by Gasteiger charge is 2.35. The molecule has 0 unspecified atom stereocenters. The highest BCUT2D eigenvalue weighted by molar-refractivity contribution is 6.21. The van der Waals surface area contributed by atoms with Crippen LogP contribution in [0.2, 0.25) is 0 Å². The number of carbonyl (C=O) groups excluding carboxylic acids is 2. The van der Waals surface area contributed by atoms with E-state index in [1.165, 1.54) is 16.0 Å². The molecule has 104 valence electrons. The van der Waals surface area contributed by atoms with E-state index in [0.717, 1.165) is 25.9 Å². The van der Waals surface area contributed by atoms with Crippen molar-refractivity contribution >= 4 is 11.8 Å². The molecule has 20 heavy (non-hydrogen) atoms. The van der Waals surface area contributed by atoms with E-state index in [4.69, 9.17) is 0 Å². The topological polar surface area (TPSA) is 49.4 Å². The molecule has 1 fully saturated rings. The van der Waals surface area contributed by atoms with Crippen LogP contribution in [-0.2, 0) is 0 Å². The van der Waals surface area contributed by atoms with Gasteiger partial charge in [0.25, 0.3) is 11.8 Å². The molecule has 0 atom stereocenters. The van der Waals surface area contributed by atoms with Crippen molar-refractivity contribution in [2.45, 2.75) is 19.8 Å². The fourth-order valence-corrected chi connectivity index (χ4v) is 2.74. The molecule has 4 nitrogen and oxygen atoms in total. The van der Waals surface area contributed by atoms with E-state index in [1.54, 1.807) is 24.3 Å². The summed E-state index contributed by atoms with van der Waals surface area (Å²) in [6, 6.07) is 7.06. The van der Waals surface area contributed by atoms with Crippen molar-refractivity contribution in [2.75, 3.05) is 19.6 Å². The summed E-state index contributed by atoms with van der Waals surface area (Å²) in [5.41, 5.74) is 3.65. The molecule has 4 heteroatoms. The van der Waals surface area contributed by atoms with Crippen LogP contribution in [0.15, 0.2) is 35.4 Å². The van der Waals surface area contributed by atoms with Gasteiger partial charge in [0, 0.05) is 13.1 Å². The number of amides is 2. The van der Waals surface area contributed by atoms with Gasteiger partial charge in [-0.25, -0.2) is 0 Å². The Morgan fingerprint density at radius 2 is 1.75 bits per heavy atom. The standard InChI is InChI=1S/C16H18N2O2/c1-2-5-11(12-8-17-9-12)10-18-15(19)13-6-3-4-7-14(13)16(18)20/h3-4,6-7,17H,2,5,8-10H2,1H3. The SMILES string of the molecule is CCCC(CN1C(=O)c2ccccc2C1=O)=C1CNC1. The molecule has 0 spiro atoms. The molecule has 1 saturated heterocycles. The molecular weight excluding hydrogens is 252 g/mol. The van der Waals surface area contributed by atoms with Crippen LogP contribution in [0.5, 0.6) is 0 Å². The molecule has 2 amide bonds. The fourth-order valence-electron chi connectivity index (χ4n) is 2.74. The Labute approximate surface area is 118 Å². The summed E-state index contributed by atoms with van der Waals surface area (Å²) in [5, 5.41) is 3.22. The van der Waals surface area contributed by atoms with E-state index in [1.807, 2.05) is 0 Å². The van der Waals surface area contributed by atoms with Gasteiger partial charge in [0.1, 0.15) is 0 Å². The van der Waals surface area contributed by atoms with E-state index in [0.29, 0.717) is 17.7 Å². The van der Waals surface area contributed by atoms with Crippen molar-refractivity contribution in [2.24, 2.45) is 0 Å². The second kappa shape index (κ2) is 5.21. The summed E-state index contributed by atoms with van der Waals surface area (Å²) >= 11 is 0. The second-order valence-corrected chi connectivity index (χ2v) is 5.30. The van der Waals surface area contributed by atoms with Crippen molar-refractivity contribution in [3.8, 4) is 0 Å². The van der Waals surface area contributed by atoms with Crippen LogP contribution in [0.3, 0.4) is 0 Å². The zero-order chi connectivity index (χ0) is 14.1. The number of nitrogens with one attached hydrogen (secondary N) is 1. The molecule has 1 N–H and O–H groups in total. The monoisotopic (exact) mass is 270 g/mol. The highest BCUT2D eigenvalue weighted by Crippen LogP contribution is 2.25. The number of fused-ring (bicyclic) bond motifs is 1. The van der Waals surface area contributed by atoms with Crippen LogP contribution in [0.25, 0.3) is 0 Å². The van der Waals surface area contributed by atoms with Crippen molar-refractivity contribution < 1.29 is 9.59 Å². The molecule has 2 aliphatic heterocycles. The average molecular weight is 270 g/mol. The van der Waals surface area contributed by atoms with E-state index in [9.17, 15) is 9.59 Å². The quantitative estimate of drug-likeness (QED) is 0.672. The minimum Gasteiger partial charge on any atom is -0.309 e. The molecule has 3 rings (SSSR count). The molecule has 0 aromatic heterocycles. The minimum absolute atomic E-state index is 0.160. The van der Waals surface area contributed by atoms with Crippen LogP contribution in [0.1, 0.15) is 40.5 Å². The number of hydrogen-bond donors (Lipinski definition) is 1.